The number of carbonyl (C=O) groups excluding carboxylic acids is 2. The molecule has 1 aliphatic rings. The first-order valence-corrected chi connectivity index (χ1v) is 9.05. The molecule has 1 fully saturated rings. The molecule has 0 N–H and O–H groups in total. The summed E-state index contributed by atoms with van der Waals surface area (Å²) in [5.74, 6) is -2.18. The van der Waals surface area contributed by atoms with E-state index in [-0.39, 0.29) is 11.5 Å². The van der Waals surface area contributed by atoms with Crippen molar-refractivity contribution in [1.29, 1.82) is 0 Å². The molecule has 0 bridgehead atoms. The van der Waals surface area contributed by atoms with Crippen LogP contribution >= 0.6 is 0 Å². The number of amides is 2. The van der Waals surface area contributed by atoms with E-state index in [0.29, 0.717) is 37.8 Å². The quantitative estimate of drug-likeness (QED) is 0.680. The molecule has 142 valence electrons. The van der Waals surface area contributed by atoms with Gasteiger partial charge in [0.2, 0.25) is 0 Å². The summed E-state index contributed by atoms with van der Waals surface area (Å²) in [6, 6.07) is 16.3. The second kappa shape index (κ2) is 7.38. The monoisotopic (exact) mass is 380 g/mol. The zero-order valence-electron chi connectivity index (χ0n) is 15.1. The number of carbonyl (C=O) groups is 2. The molecule has 0 saturated carbocycles. The van der Waals surface area contributed by atoms with Crippen LogP contribution in [-0.2, 0) is 0 Å². The van der Waals surface area contributed by atoms with E-state index >= 15 is 0 Å². The third-order valence-corrected chi connectivity index (χ3v) is 5.01. The minimum atomic E-state index is -0.875. The Morgan fingerprint density at radius 2 is 1.36 bits per heavy atom. The largest absolute Gasteiger partial charge is 0.335 e. The number of hydrogen-bond donors (Lipinski definition) is 0. The number of halogens is 2. The normalized spacial score (nSPS) is 14.4. The maximum atomic E-state index is 13.9. The fourth-order valence-corrected chi connectivity index (χ4v) is 3.45. The van der Waals surface area contributed by atoms with Crippen molar-refractivity contribution in [3.8, 4) is 0 Å². The molecule has 2 amide bonds. The Morgan fingerprint density at radius 3 is 2.04 bits per heavy atom. The summed E-state index contributed by atoms with van der Waals surface area (Å²) < 4.78 is 26.9. The zero-order chi connectivity index (χ0) is 19.7. The topological polar surface area (TPSA) is 40.6 Å². The van der Waals surface area contributed by atoms with Gasteiger partial charge in [0.1, 0.15) is 11.6 Å². The van der Waals surface area contributed by atoms with Crippen molar-refractivity contribution in [2.45, 2.75) is 0 Å². The highest BCUT2D eigenvalue weighted by atomic mass is 19.1. The van der Waals surface area contributed by atoms with E-state index in [1.807, 2.05) is 36.4 Å². The molecule has 1 heterocycles. The summed E-state index contributed by atoms with van der Waals surface area (Å²) in [4.78, 5) is 28.5. The van der Waals surface area contributed by atoms with Crippen molar-refractivity contribution < 1.29 is 18.4 Å². The smallest absolute Gasteiger partial charge is 0.256 e. The molecule has 3 aromatic carbocycles. The Labute approximate surface area is 161 Å². The van der Waals surface area contributed by atoms with Gasteiger partial charge < -0.3 is 9.80 Å². The molecular formula is C22H18F2N2O2. The van der Waals surface area contributed by atoms with Gasteiger partial charge in [-0.1, -0.05) is 30.3 Å². The van der Waals surface area contributed by atoms with Gasteiger partial charge in [0.05, 0.1) is 5.56 Å². The van der Waals surface area contributed by atoms with Crippen LogP contribution in [0.25, 0.3) is 10.8 Å². The molecule has 0 radical (unpaired) electrons. The Balaban J connectivity index is 1.44. The summed E-state index contributed by atoms with van der Waals surface area (Å²) >= 11 is 0. The van der Waals surface area contributed by atoms with Crippen LogP contribution < -0.4 is 0 Å². The second-order valence-electron chi connectivity index (χ2n) is 6.77. The lowest BCUT2D eigenvalue weighted by Gasteiger charge is -2.35. The van der Waals surface area contributed by atoms with Crippen molar-refractivity contribution in [2.75, 3.05) is 26.2 Å². The summed E-state index contributed by atoms with van der Waals surface area (Å²) in [5, 5.41) is 2.06. The summed E-state index contributed by atoms with van der Waals surface area (Å²) in [6.45, 7) is 1.32. The molecule has 28 heavy (non-hydrogen) atoms. The Bertz CT molecular complexity index is 1060. The van der Waals surface area contributed by atoms with Gasteiger partial charge in [-0.15, -0.1) is 0 Å². The molecule has 0 aliphatic carbocycles. The Hall–Kier alpha value is -3.28. The number of hydrogen-bond acceptors (Lipinski definition) is 2. The predicted molar refractivity (Wildman–Crippen MR) is 102 cm³/mol. The van der Waals surface area contributed by atoms with Crippen molar-refractivity contribution >= 4 is 22.6 Å². The summed E-state index contributed by atoms with van der Waals surface area (Å²) in [6.07, 6.45) is 0. The fraction of sp³-hybridized carbons (Fsp3) is 0.182. The SMILES string of the molecule is O=C(c1ccc2ccccc2c1)N1CCN(C(=O)c2ccc(F)cc2F)CC1. The summed E-state index contributed by atoms with van der Waals surface area (Å²) in [5.41, 5.74) is 0.443. The van der Waals surface area contributed by atoms with Crippen molar-refractivity contribution in [3.63, 3.8) is 0 Å². The van der Waals surface area contributed by atoms with Gasteiger partial charge in [0, 0.05) is 37.8 Å². The number of benzene rings is 3. The van der Waals surface area contributed by atoms with Crippen molar-refractivity contribution in [1.82, 2.24) is 9.80 Å². The molecule has 4 rings (SSSR count). The van der Waals surface area contributed by atoms with Gasteiger partial charge in [0.25, 0.3) is 11.8 Å². The van der Waals surface area contributed by atoms with Gasteiger partial charge in [0.15, 0.2) is 0 Å². The van der Waals surface area contributed by atoms with Crippen LogP contribution in [0.4, 0.5) is 8.78 Å². The first-order chi connectivity index (χ1) is 13.5. The zero-order valence-corrected chi connectivity index (χ0v) is 15.1. The molecule has 0 atom stereocenters. The van der Waals surface area contributed by atoms with Gasteiger partial charge in [-0.2, -0.15) is 0 Å². The number of fused-ring (bicyclic) bond motifs is 1. The van der Waals surface area contributed by atoms with E-state index in [1.54, 1.807) is 11.0 Å². The number of rotatable bonds is 2. The van der Waals surface area contributed by atoms with Crippen LogP contribution in [0, 0.1) is 11.6 Å². The average Bonchev–Trinajstić information content (AvgIpc) is 2.72. The number of nitrogens with zero attached hydrogens (tertiary/aromatic N) is 2. The maximum Gasteiger partial charge on any atom is 0.256 e. The molecule has 1 saturated heterocycles. The first kappa shape index (κ1) is 18.1. The number of piperazine rings is 1. The molecular weight excluding hydrogens is 362 g/mol. The summed E-state index contributed by atoms with van der Waals surface area (Å²) in [7, 11) is 0. The van der Waals surface area contributed by atoms with Crippen molar-refractivity contribution in [3.05, 3.63) is 83.4 Å². The minimum absolute atomic E-state index is 0.0918. The molecule has 1 aliphatic heterocycles. The van der Waals surface area contributed by atoms with Gasteiger partial charge in [-0.05, 0) is 35.0 Å². The van der Waals surface area contributed by atoms with Crippen LogP contribution in [0.15, 0.2) is 60.7 Å². The van der Waals surface area contributed by atoms with Crippen LogP contribution in [0.1, 0.15) is 20.7 Å². The standard InChI is InChI=1S/C22H18F2N2O2/c23-18-7-8-19(20(24)14-18)22(28)26-11-9-25(10-12-26)21(27)17-6-5-15-3-1-2-4-16(15)13-17/h1-8,13-14H,9-12H2. The molecule has 0 unspecified atom stereocenters. The van der Waals surface area contributed by atoms with Crippen molar-refractivity contribution in [2.24, 2.45) is 0 Å². The maximum absolute atomic E-state index is 13.9. The van der Waals surface area contributed by atoms with E-state index in [9.17, 15) is 18.4 Å². The lowest BCUT2D eigenvalue weighted by Crippen LogP contribution is -2.50. The third-order valence-electron chi connectivity index (χ3n) is 5.01. The predicted octanol–water partition coefficient (Wildman–Crippen LogP) is 3.72. The highest BCUT2D eigenvalue weighted by Crippen LogP contribution is 2.19. The van der Waals surface area contributed by atoms with Crippen LogP contribution in [0.2, 0.25) is 0 Å². The molecule has 0 aromatic heterocycles. The lowest BCUT2D eigenvalue weighted by molar-refractivity contribution is 0.0533. The average molecular weight is 380 g/mol. The van der Waals surface area contributed by atoms with Gasteiger partial charge >= 0.3 is 0 Å². The Kier molecular flexibility index (Phi) is 4.77. The van der Waals surface area contributed by atoms with Crippen LogP contribution in [0.3, 0.4) is 0 Å². The highest BCUT2D eigenvalue weighted by molar-refractivity contribution is 5.99. The molecule has 4 nitrogen and oxygen atoms in total. The Morgan fingerprint density at radius 1 is 0.714 bits per heavy atom. The van der Waals surface area contributed by atoms with E-state index in [0.717, 1.165) is 22.9 Å². The van der Waals surface area contributed by atoms with E-state index in [4.69, 9.17) is 0 Å². The minimum Gasteiger partial charge on any atom is -0.335 e. The van der Waals surface area contributed by atoms with Gasteiger partial charge in [-0.25, -0.2) is 8.78 Å². The fourth-order valence-electron chi connectivity index (χ4n) is 3.45. The van der Waals surface area contributed by atoms with E-state index in [1.165, 1.54) is 4.90 Å². The first-order valence-electron chi connectivity index (χ1n) is 9.05. The lowest BCUT2D eigenvalue weighted by atomic mass is 10.1. The van der Waals surface area contributed by atoms with E-state index < -0.39 is 17.5 Å². The third kappa shape index (κ3) is 3.45. The second-order valence-corrected chi connectivity index (χ2v) is 6.77. The van der Waals surface area contributed by atoms with E-state index in [2.05, 4.69) is 0 Å². The molecule has 0 spiro atoms. The molecule has 6 heteroatoms. The molecule has 3 aromatic rings. The van der Waals surface area contributed by atoms with Crippen LogP contribution in [-0.4, -0.2) is 47.8 Å². The highest BCUT2D eigenvalue weighted by Gasteiger charge is 2.27. The van der Waals surface area contributed by atoms with Gasteiger partial charge in [-0.3, -0.25) is 9.59 Å². The van der Waals surface area contributed by atoms with Crippen LogP contribution in [0.5, 0.6) is 0 Å².